The van der Waals surface area contributed by atoms with E-state index in [0.717, 1.165) is 33.3 Å². The molecule has 1 saturated carbocycles. The fourth-order valence-corrected chi connectivity index (χ4v) is 6.22. The average Bonchev–Trinajstić information content (AvgIpc) is 3.30. The monoisotopic (exact) mass is 483 g/mol. The van der Waals surface area contributed by atoms with Crippen molar-refractivity contribution < 1.29 is 23.4 Å². The van der Waals surface area contributed by atoms with Crippen molar-refractivity contribution in [3.63, 3.8) is 0 Å². The molecule has 2 heterocycles. The molecule has 3 aromatic rings. The second-order valence-corrected chi connectivity index (χ2v) is 10.1. The molecule has 2 aliphatic rings. The van der Waals surface area contributed by atoms with Crippen LogP contribution in [0.2, 0.25) is 0 Å². The molecule has 0 amide bonds. The highest BCUT2D eigenvalue weighted by atomic mass is 19.3. The number of ether oxygens (including phenoxy) is 1. The number of aromatic carboxylic acids is 1. The van der Waals surface area contributed by atoms with Crippen molar-refractivity contribution in [3.8, 4) is 5.75 Å². The van der Waals surface area contributed by atoms with Crippen LogP contribution in [-0.4, -0.2) is 47.6 Å². The van der Waals surface area contributed by atoms with Gasteiger partial charge in [-0.25, -0.2) is 13.6 Å². The number of anilines is 1. The number of rotatable bonds is 6. The number of carboxylic acid groups (broad SMARTS) is 1. The molecule has 8 heteroatoms. The summed E-state index contributed by atoms with van der Waals surface area (Å²) in [5, 5.41) is 13.7. The standard InChI is InChI=1S/C27H31F2N3O3/c1-16-10-23(35-3)20(18-6-8-31-24(16)18)13-32-9-7-26(14-27(28,29)15-26)12-22(32)19-5-4-17(25(33)34)11-21(19)30-2/h4-6,8,10-11,22,30-31H,7,9,12-15H2,1-3H3,(H,33,34)/t22-/m0/s1. The van der Waals surface area contributed by atoms with Gasteiger partial charge in [-0.05, 0) is 67.1 Å². The molecule has 0 radical (unpaired) electrons. The van der Waals surface area contributed by atoms with Crippen molar-refractivity contribution in [1.29, 1.82) is 0 Å². The zero-order valence-corrected chi connectivity index (χ0v) is 20.3. The van der Waals surface area contributed by atoms with Crippen molar-refractivity contribution in [3.05, 3.63) is 58.8 Å². The van der Waals surface area contributed by atoms with E-state index in [1.807, 2.05) is 31.3 Å². The van der Waals surface area contributed by atoms with Crippen LogP contribution in [0.25, 0.3) is 10.9 Å². The summed E-state index contributed by atoms with van der Waals surface area (Å²) in [5.74, 6) is -2.79. The van der Waals surface area contributed by atoms with Crippen LogP contribution in [0, 0.1) is 12.3 Å². The van der Waals surface area contributed by atoms with Gasteiger partial charge in [-0.1, -0.05) is 6.07 Å². The Labute approximate surface area is 203 Å². The number of aromatic nitrogens is 1. The normalized spacial score (nSPS) is 21.1. The quantitative estimate of drug-likeness (QED) is 0.402. The van der Waals surface area contributed by atoms with E-state index >= 15 is 0 Å². The minimum Gasteiger partial charge on any atom is -0.496 e. The topological polar surface area (TPSA) is 77.6 Å². The van der Waals surface area contributed by atoms with Gasteiger partial charge in [0.2, 0.25) is 5.92 Å². The second kappa shape index (κ2) is 8.52. The summed E-state index contributed by atoms with van der Waals surface area (Å²) < 4.78 is 33.7. The first-order valence-corrected chi connectivity index (χ1v) is 12.0. The van der Waals surface area contributed by atoms with Gasteiger partial charge in [-0.2, -0.15) is 0 Å². The number of H-pyrrole nitrogens is 1. The molecular formula is C27H31F2N3O3. The number of methoxy groups -OCH3 is 1. The predicted molar refractivity (Wildman–Crippen MR) is 132 cm³/mol. The van der Waals surface area contributed by atoms with Crippen LogP contribution in [0.15, 0.2) is 36.5 Å². The fraction of sp³-hybridized carbons (Fsp3) is 0.444. The van der Waals surface area contributed by atoms with Crippen molar-refractivity contribution in [2.75, 3.05) is 26.0 Å². The Kier molecular flexibility index (Phi) is 5.74. The van der Waals surface area contributed by atoms with Crippen LogP contribution in [-0.2, 0) is 6.54 Å². The number of nitrogens with zero attached hydrogens (tertiary/aromatic N) is 1. The summed E-state index contributed by atoms with van der Waals surface area (Å²) >= 11 is 0. The van der Waals surface area contributed by atoms with Crippen molar-refractivity contribution >= 4 is 22.6 Å². The Morgan fingerprint density at radius 1 is 1.29 bits per heavy atom. The molecule has 2 aromatic carbocycles. The van der Waals surface area contributed by atoms with Gasteiger partial charge in [0.15, 0.2) is 0 Å². The number of alkyl halides is 2. The number of hydrogen-bond donors (Lipinski definition) is 3. The number of likely N-dealkylation sites (tertiary alicyclic amines) is 1. The number of halogens is 2. The number of piperidine rings is 1. The first-order valence-electron chi connectivity index (χ1n) is 12.0. The molecule has 186 valence electrons. The van der Waals surface area contributed by atoms with E-state index in [2.05, 4.69) is 15.2 Å². The van der Waals surface area contributed by atoms with E-state index in [4.69, 9.17) is 4.74 Å². The third-order valence-electron chi connectivity index (χ3n) is 7.88. The van der Waals surface area contributed by atoms with E-state index in [1.165, 1.54) is 0 Å². The van der Waals surface area contributed by atoms with E-state index in [1.54, 1.807) is 26.3 Å². The zero-order valence-electron chi connectivity index (χ0n) is 20.3. The summed E-state index contributed by atoms with van der Waals surface area (Å²) in [7, 11) is 3.43. The van der Waals surface area contributed by atoms with Crippen molar-refractivity contribution in [1.82, 2.24) is 9.88 Å². The lowest BCUT2D eigenvalue weighted by molar-refractivity contribution is -0.186. The average molecular weight is 484 g/mol. The molecule has 1 spiro atoms. The number of benzene rings is 2. The Bertz CT molecular complexity index is 1280. The number of hydrogen-bond acceptors (Lipinski definition) is 4. The summed E-state index contributed by atoms with van der Waals surface area (Å²) in [5.41, 5.74) is 4.67. The van der Waals surface area contributed by atoms with Gasteiger partial charge in [0.05, 0.1) is 12.7 Å². The Morgan fingerprint density at radius 3 is 2.71 bits per heavy atom. The van der Waals surface area contributed by atoms with E-state index < -0.39 is 11.9 Å². The molecule has 1 saturated heterocycles. The Hall–Kier alpha value is -3.13. The lowest BCUT2D eigenvalue weighted by Crippen LogP contribution is -2.53. The zero-order chi connectivity index (χ0) is 25.0. The van der Waals surface area contributed by atoms with Gasteiger partial charge in [0.1, 0.15) is 5.75 Å². The fourth-order valence-electron chi connectivity index (χ4n) is 6.22. The maximum Gasteiger partial charge on any atom is 0.335 e. The van der Waals surface area contributed by atoms with Crippen molar-refractivity contribution in [2.24, 2.45) is 5.41 Å². The molecule has 1 aliphatic heterocycles. The number of fused-ring (bicyclic) bond motifs is 1. The Balaban J connectivity index is 1.56. The number of aryl methyl sites for hydroxylation is 1. The third kappa shape index (κ3) is 4.14. The summed E-state index contributed by atoms with van der Waals surface area (Å²) in [6.45, 7) is 3.31. The predicted octanol–water partition coefficient (Wildman–Crippen LogP) is 5.98. The molecule has 0 unspecified atom stereocenters. The molecule has 2 fully saturated rings. The largest absolute Gasteiger partial charge is 0.496 e. The van der Waals surface area contributed by atoms with Crippen LogP contribution >= 0.6 is 0 Å². The van der Waals surface area contributed by atoms with Gasteiger partial charge < -0.3 is 20.1 Å². The third-order valence-corrected chi connectivity index (χ3v) is 7.88. The molecule has 1 aromatic heterocycles. The van der Waals surface area contributed by atoms with Gasteiger partial charge >= 0.3 is 5.97 Å². The molecule has 1 aliphatic carbocycles. The first kappa shape index (κ1) is 23.6. The van der Waals surface area contributed by atoms with E-state index in [-0.39, 0.29) is 29.9 Å². The molecule has 0 bridgehead atoms. The van der Waals surface area contributed by atoms with Crippen LogP contribution in [0.3, 0.4) is 0 Å². The van der Waals surface area contributed by atoms with Gasteiger partial charge in [-0.15, -0.1) is 0 Å². The molecule has 1 atom stereocenters. The summed E-state index contributed by atoms with van der Waals surface area (Å²) in [4.78, 5) is 17.2. The maximum atomic E-state index is 14.0. The van der Waals surface area contributed by atoms with Crippen LogP contribution < -0.4 is 10.1 Å². The van der Waals surface area contributed by atoms with E-state index in [0.29, 0.717) is 31.6 Å². The van der Waals surface area contributed by atoms with E-state index in [9.17, 15) is 18.7 Å². The van der Waals surface area contributed by atoms with Crippen LogP contribution in [0.1, 0.15) is 58.8 Å². The van der Waals surface area contributed by atoms with Gasteiger partial charge in [-0.3, -0.25) is 4.90 Å². The number of aromatic amines is 1. The minimum absolute atomic E-state index is 0.0810. The van der Waals surface area contributed by atoms with Crippen LogP contribution in [0.4, 0.5) is 14.5 Å². The molecular weight excluding hydrogens is 452 g/mol. The molecule has 35 heavy (non-hydrogen) atoms. The number of nitrogens with one attached hydrogen (secondary N) is 2. The van der Waals surface area contributed by atoms with Gasteiger partial charge in [0, 0.05) is 60.8 Å². The highest BCUT2D eigenvalue weighted by molar-refractivity contribution is 5.89. The maximum absolute atomic E-state index is 14.0. The number of carboxylic acids is 1. The lowest BCUT2D eigenvalue weighted by atomic mass is 9.59. The highest BCUT2D eigenvalue weighted by Gasteiger charge is 2.58. The molecule has 6 nitrogen and oxygen atoms in total. The summed E-state index contributed by atoms with van der Waals surface area (Å²) in [6.07, 6.45) is 3.08. The second-order valence-electron chi connectivity index (χ2n) is 10.1. The highest BCUT2D eigenvalue weighted by Crippen LogP contribution is 2.61. The first-order chi connectivity index (χ1) is 16.6. The van der Waals surface area contributed by atoms with Crippen molar-refractivity contribution in [2.45, 2.75) is 51.1 Å². The van der Waals surface area contributed by atoms with Gasteiger partial charge in [0.25, 0.3) is 0 Å². The Morgan fingerprint density at radius 2 is 2.06 bits per heavy atom. The smallest absolute Gasteiger partial charge is 0.335 e. The molecule has 3 N–H and O–H groups in total. The summed E-state index contributed by atoms with van der Waals surface area (Å²) in [6, 6.07) is 9.01. The minimum atomic E-state index is -2.59. The molecule has 5 rings (SSSR count). The lowest BCUT2D eigenvalue weighted by Gasteiger charge is -2.55. The number of carbonyl (C=O) groups is 1. The van der Waals surface area contributed by atoms with Crippen LogP contribution in [0.5, 0.6) is 5.75 Å². The SMILES string of the molecule is CNc1cc(C(=O)O)ccc1[C@@H]1CC2(CCN1Cc1c(OC)cc(C)c3[nH]ccc13)CC(F)(F)C2.